The summed E-state index contributed by atoms with van der Waals surface area (Å²) in [6, 6.07) is 6.00. The molecule has 0 N–H and O–H groups in total. The molecule has 2 nitrogen and oxygen atoms in total. The van der Waals surface area contributed by atoms with Crippen LogP contribution in [-0.4, -0.2) is 19.2 Å². The van der Waals surface area contributed by atoms with E-state index in [2.05, 4.69) is 22.6 Å². The molecule has 0 bridgehead atoms. The van der Waals surface area contributed by atoms with Crippen LogP contribution in [0.15, 0.2) is 18.2 Å². The Balaban J connectivity index is 2.73. The lowest BCUT2D eigenvalue weighted by Crippen LogP contribution is -2.15. The second-order valence-electron chi connectivity index (χ2n) is 2.72. The van der Waals surface area contributed by atoms with Crippen molar-refractivity contribution in [1.82, 2.24) is 5.06 Å². The summed E-state index contributed by atoms with van der Waals surface area (Å²) in [5.41, 5.74) is 1.15. The van der Waals surface area contributed by atoms with E-state index in [1.54, 1.807) is 12.2 Å². The van der Waals surface area contributed by atoms with Gasteiger partial charge in [0, 0.05) is 17.2 Å². The van der Waals surface area contributed by atoms with Crippen LogP contribution >= 0.6 is 34.2 Å². The number of benzene rings is 1. The topological polar surface area (TPSA) is 12.5 Å². The minimum atomic E-state index is 0.743. The van der Waals surface area contributed by atoms with Crippen molar-refractivity contribution in [2.24, 2.45) is 0 Å². The van der Waals surface area contributed by atoms with Crippen molar-refractivity contribution in [3.05, 3.63) is 32.4 Å². The van der Waals surface area contributed by atoms with Gasteiger partial charge >= 0.3 is 0 Å². The molecular formula is C9H11ClINO. The van der Waals surface area contributed by atoms with Gasteiger partial charge in [0.15, 0.2) is 0 Å². The molecule has 4 heteroatoms. The molecule has 72 valence electrons. The highest BCUT2D eigenvalue weighted by Crippen LogP contribution is 2.20. The molecule has 0 saturated heterocycles. The Labute approximate surface area is 96.9 Å². The van der Waals surface area contributed by atoms with Crippen LogP contribution in [-0.2, 0) is 11.4 Å². The summed E-state index contributed by atoms with van der Waals surface area (Å²) in [6.07, 6.45) is 0. The fourth-order valence-electron chi connectivity index (χ4n) is 0.960. The molecule has 0 aliphatic heterocycles. The van der Waals surface area contributed by atoms with E-state index in [0.29, 0.717) is 0 Å². The number of hydrogen-bond acceptors (Lipinski definition) is 2. The van der Waals surface area contributed by atoms with Crippen molar-refractivity contribution in [3.63, 3.8) is 0 Å². The first-order chi connectivity index (χ1) is 6.13. The zero-order valence-electron chi connectivity index (χ0n) is 7.55. The predicted molar refractivity (Wildman–Crippen MR) is 62.6 cm³/mol. The van der Waals surface area contributed by atoms with Crippen molar-refractivity contribution < 1.29 is 4.84 Å². The van der Waals surface area contributed by atoms with Gasteiger partial charge in [-0.25, -0.2) is 0 Å². The van der Waals surface area contributed by atoms with Crippen molar-refractivity contribution in [2.45, 2.75) is 6.54 Å². The summed E-state index contributed by atoms with van der Waals surface area (Å²) >= 11 is 8.18. The number of rotatable bonds is 3. The van der Waals surface area contributed by atoms with Gasteiger partial charge in [-0.3, -0.25) is 0 Å². The Morgan fingerprint density at radius 2 is 2.23 bits per heavy atom. The van der Waals surface area contributed by atoms with E-state index in [0.717, 1.165) is 20.7 Å². The van der Waals surface area contributed by atoms with E-state index in [4.69, 9.17) is 16.4 Å². The van der Waals surface area contributed by atoms with Gasteiger partial charge < -0.3 is 4.84 Å². The zero-order valence-corrected chi connectivity index (χ0v) is 10.5. The molecule has 0 aliphatic rings. The third-order valence-electron chi connectivity index (χ3n) is 1.70. The standard InChI is InChI=1S/C9H11ClINO/c1-12(13-2)6-7-3-4-9(11)8(10)5-7/h3-5H,6H2,1-2H3. The highest BCUT2D eigenvalue weighted by atomic mass is 127. The largest absolute Gasteiger partial charge is 0.302 e. The van der Waals surface area contributed by atoms with E-state index >= 15 is 0 Å². The first-order valence-corrected chi connectivity index (χ1v) is 5.28. The Bertz CT molecular complexity index is 293. The van der Waals surface area contributed by atoms with Crippen LogP contribution in [0.1, 0.15) is 5.56 Å². The number of halogens is 2. The lowest BCUT2D eigenvalue weighted by molar-refractivity contribution is -0.116. The fraction of sp³-hybridized carbons (Fsp3) is 0.333. The maximum absolute atomic E-state index is 5.97. The molecular weight excluding hydrogens is 300 g/mol. The van der Waals surface area contributed by atoms with Crippen molar-refractivity contribution >= 4 is 34.2 Å². The van der Waals surface area contributed by atoms with Gasteiger partial charge in [-0.05, 0) is 40.3 Å². The Hall–Kier alpha value is 0.160. The van der Waals surface area contributed by atoms with Gasteiger partial charge in [-0.1, -0.05) is 17.7 Å². The molecule has 1 aromatic carbocycles. The second-order valence-corrected chi connectivity index (χ2v) is 4.29. The molecule has 0 heterocycles. The van der Waals surface area contributed by atoms with E-state index < -0.39 is 0 Å². The first-order valence-electron chi connectivity index (χ1n) is 3.82. The van der Waals surface area contributed by atoms with Gasteiger partial charge in [0.1, 0.15) is 0 Å². The fourth-order valence-corrected chi connectivity index (χ4v) is 1.50. The third kappa shape index (κ3) is 3.42. The summed E-state index contributed by atoms with van der Waals surface area (Å²) in [5.74, 6) is 0. The van der Waals surface area contributed by atoms with Crippen LogP contribution in [0.2, 0.25) is 5.02 Å². The smallest absolute Gasteiger partial charge is 0.0575 e. The first kappa shape index (κ1) is 11.2. The predicted octanol–water partition coefficient (Wildman–Crippen LogP) is 2.94. The highest BCUT2D eigenvalue weighted by molar-refractivity contribution is 14.1. The summed E-state index contributed by atoms with van der Waals surface area (Å²) in [6.45, 7) is 0.743. The molecule has 0 spiro atoms. The minimum Gasteiger partial charge on any atom is -0.302 e. The van der Waals surface area contributed by atoms with Gasteiger partial charge in [-0.15, -0.1) is 0 Å². The van der Waals surface area contributed by atoms with Crippen LogP contribution in [0.3, 0.4) is 0 Å². The quantitative estimate of drug-likeness (QED) is 0.628. The lowest BCUT2D eigenvalue weighted by Gasteiger charge is -2.13. The average Bonchev–Trinajstić information content (AvgIpc) is 2.11. The van der Waals surface area contributed by atoms with Crippen molar-refractivity contribution in [3.8, 4) is 0 Å². The van der Waals surface area contributed by atoms with Crippen molar-refractivity contribution in [1.29, 1.82) is 0 Å². The van der Waals surface area contributed by atoms with E-state index in [1.165, 1.54) is 0 Å². The molecule has 0 amide bonds. The third-order valence-corrected chi connectivity index (χ3v) is 3.27. The summed E-state index contributed by atoms with van der Waals surface area (Å²) in [7, 11) is 3.53. The number of hydrogen-bond donors (Lipinski definition) is 0. The van der Waals surface area contributed by atoms with Gasteiger partial charge in [-0.2, -0.15) is 5.06 Å². The Morgan fingerprint density at radius 1 is 1.54 bits per heavy atom. The normalized spacial score (nSPS) is 10.8. The van der Waals surface area contributed by atoms with Crippen molar-refractivity contribution in [2.75, 3.05) is 14.2 Å². The van der Waals surface area contributed by atoms with Gasteiger partial charge in [0.05, 0.1) is 12.1 Å². The lowest BCUT2D eigenvalue weighted by atomic mass is 10.2. The van der Waals surface area contributed by atoms with Crippen LogP contribution in [0.5, 0.6) is 0 Å². The minimum absolute atomic E-state index is 0.743. The van der Waals surface area contributed by atoms with E-state index in [1.807, 2.05) is 25.2 Å². The molecule has 1 rings (SSSR count). The van der Waals surface area contributed by atoms with Gasteiger partial charge in [0.2, 0.25) is 0 Å². The summed E-state index contributed by atoms with van der Waals surface area (Å²) in [5, 5.41) is 2.54. The highest BCUT2D eigenvalue weighted by Gasteiger charge is 2.01. The summed E-state index contributed by atoms with van der Waals surface area (Å²) < 4.78 is 1.07. The summed E-state index contributed by atoms with van der Waals surface area (Å²) in [4.78, 5) is 5.01. The number of nitrogens with zero attached hydrogens (tertiary/aromatic N) is 1. The van der Waals surface area contributed by atoms with Crippen LogP contribution in [0.4, 0.5) is 0 Å². The molecule has 13 heavy (non-hydrogen) atoms. The maximum Gasteiger partial charge on any atom is 0.0575 e. The maximum atomic E-state index is 5.97. The van der Waals surface area contributed by atoms with E-state index in [9.17, 15) is 0 Å². The molecule has 1 aromatic rings. The molecule has 0 unspecified atom stereocenters. The average molecular weight is 312 g/mol. The zero-order chi connectivity index (χ0) is 9.84. The van der Waals surface area contributed by atoms with Crippen LogP contribution < -0.4 is 0 Å². The monoisotopic (exact) mass is 311 g/mol. The molecule has 0 atom stereocenters. The SMILES string of the molecule is CON(C)Cc1ccc(I)c(Cl)c1. The van der Waals surface area contributed by atoms with E-state index in [-0.39, 0.29) is 0 Å². The Morgan fingerprint density at radius 3 is 2.77 bits per heavy atom. The van der Waals surface area contributed by atoms with Crippen LogP contribution in [0, 0.1) is 3.57 Å². The van der Waals surface area contributed by atoms with Gasteiger partial charge in [0.25, 0.3) is 0 Å². The Kier molecular flexibility index (Phi) is 4.45. The molecule has 0 aromatic heterocycles. The molecule has 0 aliphatic carbocycles. The van der Waals surface area contributed by atoms with Crippen LogP contribution in [0.25, 0.3) is 0 Å². The second kappa shape index (κ2) is 5.14. The number of hydroxylamine groups is 2. The molecule has 0 radical (unpaired) electrons. The molecule has 0 saturated carbocycles. The molecule has 0 fully saturated rings.